The maximum atomic E-state index is 10.3. The van der Waals surface area contributed by atoms with E-state index < -0.39 is 5.72 Å². The molecule has 3 N–H and O–H groups in total. The molecule has 0 aliphatic rings. The number of nitrogens with two attached hydrogens (primary N) is 1. The van der Waals surface area contributed by atoms with Gasteiger partial charge in [-0.3, -0.25) is 0 Å². The van der Waals surface area contributed by atoms with Crippen LogP contribution in [-0.4, -0.2) is 40.8 Å². The van der Waals surface area contributed by atoms with Crippen molar-refractivity contribution >= 4 is 23.5 Å². The Kier molecular flexibility index (Phi) is 7.07. The lowest BCUT2D eigenvalue weighted by atomic mass is 10.1. The molecule has 6 nitrogen and oxygen atoms in total. The maximum absolute atomic E-state index is 10.3. The lowest BCUT2D eigenvalue weighted by Gasteiger charge is -2.27. The fraction of sp³-hybridized carbons (Fsp3) is 0.444. The fourth-order valence-corrected chi connectivity index (χ4v) is 2.94. The van der Waals surface area contributed by atoms with Crippen LogP contribution in [0.3, 0.4) is 0 Å². The lowest BCUT2D eigenvalue weighted by Crippen LogP contribution is -2.48. The van der Waals surface area contributed by atoms with Crippen LogP contribution in [0.15, 0.2) is 24.3 Å². The largest absolute Gasteiger partial charge is 0.489 e. The van der Waals surface area contributed by atoms with E-state index in [1.54, 1.807) is 7.11 Å². The topological polar surface area (TPSA) is 90.5 Å². The number of methoxy groups -OCH3 is 1. The van der Waals surface area contributed by atoms with Crippen molar-refractivity contribution in [1.29, 1.82) is 0 Å². The summed E-state index contributed by atoms with van der Waals surface area (Å²) in [7, 11) is 1.61. The number of aryl methyl sites for hydroxylation is 1. The van der Waals surface area contributed by atoms with E-state index in [0.717, 1.165) is 22.0 Å². The first-order valence-electron chi connectivity index (χ1n) is 8.17. The molecule has 1 aromatic carbocycles. The molecule has 1 heterocycles. The third-order valence-corrected chi connectivity index (χ3v) is 4.52. The lowest BCUT2D eigenvalue weighted by molar-refractivity contribution is -0.0487. The molecule has 2 rings (SSSR count). The highest BCUT2D eigenvalue weighted by atomic mass is 32.1. The summed E-state index contributed by atoms with van der Waals surface area (Å²) in [4.78, 5) is 0. The highest BCUT2D eigenvalue weighted by molar-refractivity contribution is 7.12. The predicted molar refractivity (Wildman–Crippen MR) is 100 cm³/mol. The molecular weight excluding hydrogens is 338 g/mol. The number of aromatic nitrogens is 2. The van der Waals surface area contributed by atoms with Crippen LogP contribution in [0.5, 0.6) is 5.75 Å². The predicted octanol–water partition coefficient (Wildman–Crippen LogP) is 2.86. The van der Waals surface area contributed by atoms with Gasteiger partial charge < -0.3 is 20.3 Å². The van der Waals surface area contributed by atoms with E-state index in [0.29, 0.717) is 12.2 Å². The molecule has 0 aliphatic carbocycles. The maximum Gasteiger partial charge on any atom is 0.150 e. The first-order valence-corrected chi connectivity index (χ1v) is 8.99. The summed E-state index contributed by atoms with van der Waals surface area (Å²) in [6.07, 6.45) is 4.78. The van der Waals surface area contributed by atoms with E-state index in [1.807, 2.05) is 50.3 Å². The summed E-state index contributed by atoms with van der Waals surface area (Å²) in [6.45, 7) is 3.88. The van der Waals surface area contributed by atoms with Crippen molar-refractivity contribution in [1.82, 2.24) is 10.2 Å². The van der Waals surface area contributed by atoms with Crippen molar-refractivity contribution in [2.24, 2.45) is 5.73 Å². The minimum absolute atomic E-state index is 0.0182. The van der Waals surface area contributed by atoms with Crippen LogP contribution in [0.2, 0.25) is 0 Å². The molecule has 0 amide bonds. The Bertz CT molecular complexity index is 696. The Morgan fingerprint density at radius 2 is 2.08 bits per heavy atom. The molecule has 2 atom stereocenters. The molecule has 0 saturated heterocycles. The third-order valence-electron chi connectivity index (χ3n) is 3.71. The Labute approximate surface area is 152 Å². The molecule has 136 valence electrons. The highest BCUT2D eigenvalue weighted by Crippen LogP contribution is 2.23. The highest BCUT2D eigenvalue weighted by Gasteiger charge is 2.26. The van der Waals surface area contributed by atoms with E-state index in [-0.39, 0.29) is 12.7 Å². The molecule has 25 heavy (non-hydrogen) atoms. The van der Waals surface area contributed by atoms with E-state index in [4.69, 9.17) is 15.2 Å². The molecular formula is C18H25N3O3S. The molecule has 0 bridgehead atoms. The van der Waals surface area contributed by atoms with Gasteiger partial charge in [0.15, 0.2) is 0 Å². The summed E-state index contributed by atoms with van der Waals surface area (Å²) < 4.78 is 11.1. The Hall–Kier alpha value is -1.80. The molecule has 0 radical (unpaired) electrons. The molecule has 2 aromatic rings. The number of rotatable bonds is 9. The normalized spacial score (nSPS) is 15.2. The van der Waals surface area contributed by atoms with Crippen molar-refractivity contribution in [2.75, 3.05) is 13.7 Å². The van der Waals surface area contributed by atoms with Crippen LogP contribution in [0, 0.1) is 6.92 Å². The van der Waals surface area contributed by atoms with Gasteiger partial charge in [0, 0.05) is 19.1 Å². The second-order valence-electron chi connectivity index (χ2n) is 5.89. The monoisotopic (exact) mass is 363 g/mol. The van der Waals surface area contributed by atoms with Crippen LogP contribution in [0.25, 0.3) is 12.2 Å². The molecule has 1 aromatic heterocycles. The molecule has 0 aliphatic heterocycles. The number of aliphatic hydroxyl groups is 1. The summed E-state index contributed by atoms with van der Waals surface area (Å²) in [6, 6.07) is 7.57. The van der Waals surface area contributed by atoms with Gasteiger partial charge in [-0.25, -0.2) is 0 Å². The minimum Gasteiger partial charge on any atom is -0.489 e. The fourth-order valence-electron chi connectivity index (χ4n) is 2.34. The van der Waals surface area contributed by atoms with Gasteiger partial charge in [-0.05, 0) is 31.6 Å². The number of benzene rings is 1. The number of nitrogens with zero attached hydrogens (tertiary/aromatic N) is 2. The number of hydrogen-bond acceptors (Lipinski definition) is 7. The van der Waals surface area contributed by atoms with Gasteiger partial charge in [0.2, 0.25) is 0 Å². The smallest absolute Gasteiger partial charge is 0.150 e. The van der Waals surface area contributed by atoms with Crippen LogP contribution >= 0.6 is 11.3 Å². The number of ether oxygens (including phenoxy) is 2. The van der Waals surface area contributed by atoms with Crippen molar-refractivity contribution < 1.29 is 14.6 Å². The Morgan fingerprint density at radius 3 is 2.72 bits per heavy atom. The van der Waals surface area contributed by atoms with E-state index in [1.165, 1.54) is 11.3 Å². The zero-order chi connectivity index (χ0) is 18.3. The van der Waals surface area contributed by atoms with Gasteiger partial charge in [0.05, 0.1) is 6.10 Å². The van der Waals surface area contributed by atoms with Crippen molar-refractivity contribution in [3.8, 4) is 5.75 Å². The zero-order valence-electron chi connectivity index (χ0n) is 14.8. The number of para-hydroxylation sites is 1. The first-order chi connectivity index (χ1) is 11.9. The van der Waals surface area contributed by atoms with E-state index in [9.17, 15) is 5.11 Å². The molecule has 7 heteroatoms. The Morgan fingerprint density at radius 1 is 1.32 bits per heavy atom. The van der Waals surface area contributed by atoms with Crippen molar-refractivity contribution in [3.63, 3.8) is 0 Å². The van der Waals surface area contributed by atoms with Crippen molar-refractivity contribution in [2.45, 2.75) is 38.5 Å². The third kappa shape index (κ3) is 6.21. The number of hydrogen-bond donors (Lipinski definition) is 2. The van der Waals surface area contributed by atoms with Crippen LogP contribution in [-0.2, 0) is 4.74 Å². The summed E-state index contributed by atoms with van der Waals surface area (Å²) >= 11 is 1.52. The van der Waals surface area contributed by atoms with Crippen LogP contribution < -0.4 is 10.5 Å². The van der Waals surface area contributed by atoms with E-state index in [2.05, 4.69) is 10.2 Å². The summed E-state index contributed by atoms with van der Waals surface area (Å²) in [5, 5.41) is 20.1. The van der Waals surface area contributed by atoms with Gasteiger partial charge in [-0.1, -0.05) is 36.5 Å². The second-order valence-corrected chi connectivity index (χ2v) is 7.11. The quantitative estimate of drug-likeness (QED) is 0.666. The SMILES string of the molecule is CCC(CC(N)(O)COc1ccccc1C=Cc1nnc(C)s1)OC. The van der Waals surface area contributed by atoms with Gasteiger partial charge in [0.25, 0.3) is 0 Å². The molecule has 0 spiro atoms. The molecule has 0 saturated carbocycles. The first kappa shape index (κ1) is 19.5. The minimum atomic E-state index is -1.45. The summed E-state index contributed by atoms with van der Waals surface area (Å²) in [5.74, 6) is 0.648. The van der Waals surface area contributed by atoms with Crippen LogP contribution in [0.1, 0.15) is 35.3 Å². The van der Waals surface area contributed by atoms with Crippen molar-refractivity contribution in [3.05, 3.63) is 39.8 Å². The average molecular weight is 363 g/mol. The van der Waals surface area contributed by atoms with Gasteiger partial charge in [0.1, 0.15) is 28.1 Å². The second kappa shape index (κ2) is 9.05. The van der Waals surface area contributed by atoms with Crippen LogP contribution in [0.4, 0.5) is 0 Å². The van der Waals surface area contributed by atoms with Gasteiger partial charge >= 0.3 is 0 Å². The van der Waals surface area contributed by atoms with Gasteiger partial charge in [-0.2, -0.15) is 0 Å². The van der Waals surface area contributed by atoms with E-state index >= 15 is 0 Å². The Balaban J connectivity index is 2.04. The zero-order valence-corrected chi connectivity index (χ0v) is 15.6. The standard InChI is InChI=1S/C18H25N3O3S/c1-4-15(23-3)11-18(19,22)12-24-16-8-6-5-7-14(16)9-10-17-21-20-13(2)25-17/h5-10,15,22H,4,11-12,19H2,1-3H3. The van der Waals surface area contributed by atoms with Gasteiger partial charge in [-0.15, -0.1) is 10.2 Å². The molecule has 0 fully saturated rings. The average Bonchev–Trinajstić information content (AvgIpc) is 3.02. The summed E-state index contributed by atoms with van der Waals surface area (Å²) in [5.41, 5.74) is 5.38. The molecule has 2 unspecified atom stereocenters.